The molecule has 3 amide bonds. The first kappa shape index (κ1) is 18.9. The highest BCUT2D eigenvalue weighted by Gasteiger charge is 2.45. The molecule has 1 fully saturated rings. The maximum absolute atomic E-state index is 13.3. The van der Waals surface area contributed by atoms with Crippen molar-refractivity contribution in [3.05, 3.63) is 71.8 Å². The molecule has 6 heteroatoms. The average molecular weight is 365 g/mol. The summed E-state index contributed by atoms with van der Waals surface area (Å²) in [6, 6.07) is 16.3. The summed E-state index contributed by atoms with van der Waals surface area (Å²) < 4.78 is 0. The molecule has 2 atom stereocenters. The van der Waals surface area contributed by atoms with Gasteiger partial charge in [-0.2, -0.15) is 0 Å². The van der Waals surface area contributed by atoms with Crippen LogP contribution < -0.4 is 11.5 Å². The summed E-state index contributed by atoms with van der Waals surface area (Å²) in [5, 5.41) is 0. The highest BCUT2D eigenvalue weighted by Crippen LogP contribution is 2.28. The molecule has 140 valence electrons. The lowest BCUT2D eigenvalue weighted by Crippen LogP contribution is -2.61. The lowest BCUT2D eigenvalue weighted by atomic mass is 9.79. The minimum atomic E-state index is -1.33. The molecular formula is C21H23N3O3. The van der Waals surface area contributed by atoms with E-state index in [1.54, 1.807) is 60.7 Å². The summed E-state index contributed by atoms with van der Waals surface area (Å²) in [6.07, 6.45) is 2.08. The zero-order valence-electron chi connectivity index (χ0n) is 15.0. The third kappa shape index (κ3) is 3.97. The van der Waals surface area contributed by atoms with Gasteiger partial charge >= 0.3 is 0 Å². The fraction of sp³-hybridized carbons (Fsp3) is 0.286. The predicted octanol–water partition coefficient (Wildman–Crippen LogP) is 2.09. The van der Waals surface area contributed by atoms with Crippen LogP contribution in [0.1, 0.15) is 46.4 Å². The van der Waals surface area contributed by atoms with Gasteiger partial charge in [0.05, 0.1) is 5.54 Å². The number of carbonyl (C=O) groups is 3. The van der Waals surface area contributed by atoms with Gasteiger partial charge in [0.25, 0.3) is 17.7 Å². The maximum Gasteiger partial charge on any atom is 0.267 e. The number of amides is 3. The fourth-order valence-electron chi connectivity index (χ4n) is 3.46. The van der Waals surface area contributed by atoms with E-state index < -0.39 is 23.3 Å². The second-order valence-corrected chi connectivity index (χ2v) is 7.00. The highest BCUT2D eigenvalue weighted by molar-refractivity contribution is 6.22. The topological polar surface area (TPSA) is 106 Å². The van der Waals surface area contributed by atoms with Gasteiger partial charge in [-0.25, -0.2) is 4.90 Å². The number of nitrogens with two attached hydrogens (primary N) is 2. The van der Waals surface area contributed by atoms with Gasteiger partial charge in [-0.05, 0) is 49.9 Å². The van der Waals surface area contributed by atoms with E-state index in [-0.39, 0.29) is 23.6 Å². The lowest BCUT2D eigenvalue weighted by molar-refractivity contribution is -0.133. The van der Waals surface area contributed by atoms with E-state index in [1.807, 2.05) is 0 Å². The summed E-state index contributed by atoms with van der Waals surface area (Å²) in [5.41, 5.74) is 11.5. The zero-order chi connectivity index (χ0) is 19.4. The highest BCUT2D eigenvalue weighted by atomic mass is 16.2. The minimum Gasteiger partial charge on any atom is -0.328 e. The summed E-state index contributed by atoms with van der Waals surface area (Å²) in [5.74, 6) is -2.06. The van der Waals surface area contributed by atoms with Crippen LogP contribution in [-0.4, -0.2) is 34.2 Å². The van der Waals surface area contributed by atoms with Crippen LogP contribution in [0.15, 0.2) is 60.7 Å². The molecule has 27 heavy (non-hydrogen) atoms. The molecule has 4 N–H and O–H groups in total. The Morgan fingerprint density at radius 3 is 1.81 bits per heavy atom. The van der Waals surface area contributed by atoms with Crippen LogP contribution in [0.2, 0.25) is 0 Å². The lowest BCUT2D eigenvalue weighted by Gasteiger charge is -2.37. The van der Waals surface area contributed by atoms with Crippen LogP contribution >= 0.6 is 0 Å². The Morgan fingerprint density at radius 1 is 0.889 bits per heavy atom. The minimum absolute atomic E-state index is 0.229. The Kier molecular flexibility index (Phi) is 5.48. The molecule has 1 saturated carbocycles. The molecule has 3 rings (SSSR count). The van der Waals surface area contributed by atoms with Crippen molar-refractivity contribution in [2.24, 2.45) is 11.5 Å². The summed E-state index contributed by atoms with van der Waals surface area (Å²) >= 11 is 0. The third-order valence-electron chi connectivity index (χ3n) is 4.90. The third-order valence-corrected chi connectivity index (χ3v) is 4.90. The molecule has 0 saturated heterocycles. The maximum atomic E-state index is 13.3. The molecule has 0 aromatic heterocycles. The van der Waals surface area contributed by atoms with Gasteiger partial charge in [-0.3, -0.25) is 14.4 Å². The van der Waals surface area contributed by atoms with Crippen molar-refractivity contribution in [3.63, 3.8) is 0 Å². The van der Waals surface area contributed by atoms with Gasteiger partial charge in [0.1, 0.15) is 0 Å². The second-order valence-electron chi connectivity index (χ2n) is 7.00. The first-order valence-electron chi connectivity index (χ1n) is 9.00. The Hall–Kier alpha value is -2.83. The van der Waals surface area contributed by atoms with E-state index in [9.17, 15) is 14.4 Å². The van der Waals surface area contributed by atoms with Gasteiger partial charge in [0, 0.05) is 17.2 Å². The number of benzene rings is 2. The molecule has 0 radical (unpaired) electrons. The average Bonchev–Trinajstić information content (AvgIpc) is 2.69. The Balaban J connectivity index is 2.00. The molecular weight excluding hydrogens is 342 g/mol. The monoisotopic (exact) mass is 365 g/mol. The van der Waals surface area contributed by atoms with Crippen molar-refractivity contribution in [2.45, 2.75) is 37.3 Å². The normalized spacial score (nSPS) is 22.1. The van der Waals surface area contributed by atoms with Gasteiger partial charge in [-0.1, -0.05) is 36.4 Å². The number of carbonyl (C=O) groups excluding carboxylic acids is 3. The van der Waals surface area contributed by atoms with Crippen molar-refractivity contribution in [1.29, 1.82) is 0 Å². The van der Waals surface area contributed by atoms with E-state index in [0.717, 1.165) is 6.42 Å². The van der Waals surface area contributed by atoms with E-state index in [4.69, 9.17) is 11.5 Å². The van der Waals surface area contributed by atoms with Crippen molar-refractivity contribution in [3.8, 4) is 0 Å². The Morgan fingerprint density at radius 2 is 1.37 bits per heavy atom. The van der Waals surface area contributed by atoms with Crippen LogP contribution in [0, 0.1) is 0 Å². The smallest absolute Gasteiger partial charge is 0.267 e. The Labute approximate surface area is 158 Å². The molecule has 1 aliphatic carbocycles. The second kappa shape index (κ2) is 7.82. The SMILES string of the molecule is NC1CCCC(N)(C(=O)N(C(=O)c2ccccc2)C(=O)c2ccccc2)C1. The zero-order valence-corrected chi connectivity index (χ0v) is 15.0. The number of rotatable bonds is 3. The molecule has 2 unspecified atom stereocenters. The number of imide groups is 3. The summed E-state index contributed by atoms with van der Waals surface area (Å²) in [7, 11) is 0. The van der Waals surface area contributed by atoms with E-state index in [0.29, 0.717) is 17.7 Å². The van der Waals surface area contributed by atoms with Crippen molar-refractivity contribution in [2.75, 3.05) is 0 Å². The summed E-state index contributed by atoms with van der Waals surface area (Å²) in [6.45, 7) is 0. The van der Waals surface area contributed by atoms with Crippen LogP contribution in [-0.2, 0) is 4.79 Å². The van der Waals surface area contributed by atoms with Crippen LogP contribution in [0.3, 0.4) is 0 Å². The number of nitrogens with zero attached hydrogens (tertiary/aromatic N) is 1. The molecule has 1 aliphatic rings. The molecule has 2 aromatic rings. The molecule has 0 spiro atoms. The van der Waals surface area contributed by atoms with Crippen molar-refractivity contribution < 1.29 is 14.4 Å². The first-order valence-corrected chi connectivity index (χ1v) is 9.00. The largest absolute Gasteiger partial charge is 0.328 e. The van der Waals surface area contributed by atoms with Gasteiger partial charge < -0.3 is 11.5 Å². The van der Waals surface area contributed by atoms with Crippen LogP contribution in [0.25, 0.3) is 0 Å². The molecule has 2 aromatic carbocycles. The standard InChI is InChI=1S/C21H23N3O3/c22-17-12-7-13-21(23,14-17)20(27)24(18(25)15-8-3-1-4-9-15)19(26)16-10-5-2-6-11-16/h1-6,8-11,17H,7,12-14,22-23H2. The van der Waals surface area contributed by atoms with E-state index in [1.165, 1.54) is 0 Å². The van der Waals surface area contributed by atoms with Gasteiger partial charge in [0.15, 0.2) is 0 Å². The van der Waals surface area contributed by atoms with Gasteiger partial charge in [0.2, 0.25) is 0 Å². The molecule has 0 heterocycles. The fourth-order valence-corrected chi connectivity index (χ4v) is 3.46. The quantitative estimate of drug-likeness (QED) is 0.810. The van der Waals surface area contributed by atoms with E-state index in [2.05, 4.69) is 0 Å². The molecule has 0 bridgehead atoms. The first-order chi connectivity index (χ1) is 12.9. The molecule has 0 aliphatic heterocycles. The molecule has 6 nitrogen and oxygen atoms in total. The van der Waals surface area contributed by atoms with Crippen LogP contribution in [0.5, 0.6) is 0 Å². The van der Waals surface area contributed by atoms with E-state index >= 15 is 0 Å². The van der Waals surface area contributed by atoms with Crippen molar-refractivity contribution >= 4 is 17.7 Å². The van der Waals surface area contributed by atoms with Crippen LogP contribution in [0.4, 0.5) is 0 Å². The predicted molar refractivity (Wildman–Crippen MR) is 102 cm³/mol. The number of hydrogen-bond donors (Lipinski definition) is 2. The van der Waals surface area contributed by atoms with Gasteiger partial charge in [-0.15, -0.1) is 0 Å². The Bertz CT molecular complexity index is 787. The number of hydrogen-bond acceptors (Lipinski definition) is 5. The van der Waals surface area contributed by atoms with Crippen molar-refractivity contribution in [1.82, 2.24) is 4.90 Å². The summed E-state index contributed by atoms with van der Waals surface area (Å²) in [4.78, 5) is 40.1.